The maximum atomic E-state index is 13.1. The number of rotatable bonds is 3. The third-order valence-corrected chi connectivity index (χ3v) is 5.94. The molecule has 2 amide bonds. The maximum absolute atomic E-state index is 13.1. The Morgan fingerprint density at radius 2 is 1.56 bits per heavy atom. The number of morpholine rings is 1. The summed E-state index contributed by atoms with van der Waals surface area (Å²) in [4.78, 5) is 29.6. The summed E-state index contributed by atoms with van der Waals surface area (Å²) in [5.41, 5.74) is 0.856. The van der Waals surface area contributed by atoms with Gasteiger partial charge in [-0.05, 0) is 31.2 Å². The quantitative estimate of drug-likeness (QED) is 0.842. The molecular formula is C20H26N2O3. The zero-order valence-corrected chi connectivity index (χ0v) is 14.7. The molecule has 134 valence electrons. The third-order valence-electron chi connectivity index (χ3n) is 5.94. The molecule has 5 heteroatoms. The van der Waals surface area contributed by atoms with Crippen molar-refractivity contribution in [1.29, 1.82) is 0 Å². The number of nitrogens with zero attached hydrogens (tertiary/aromatic N) is 2. The van der Waals surface area contributed by atoms with Crippen molar-refractivity contribution in [2.75, 3.05) is 39.4 Å². The molecule has 1 aliphatic carbocycles. The lowest BCUT2D eigenvalue weighted by molar-refractivity contribution is -0.144. The van der Waals surface area contributed by atoms with Crippen LogP contribution in [0.3, 0.4) is 0 Å². The van der Waals surface area contributed by atoms with Gasteiger partial charge in [-0.1, -0.05) is 30.3 Å². The Morgan fingerprint density at radius 1 is 0.920 bits per heavy atom. The highest BCUT2D eigenvalue weighted by atomic mass is 16.5. The Bertz CT molecular complexity index is 628. The van der Waals surface area contributed by atoms with Gasteiger partial charge in [0.15, 0.2) is 0 Å². The fourth-order valence-corrected chi connectivity index (χ4v) is 4.18. The number of carbonyl (C=O) groups excluding carboxylic acids is 2. The summed E-state index contributed by atoms with van der Waals surface area (Å²) in [6.45, 7) is 4.10. The van der Waals surface area contributed by atoms with E-state index in [9.17, 15) is 9.59 Å². The Kier molecular flexibility index (Phi) is 4.50. The van der Waals surface area contributed by atoms with Gasteiger partial charge in [0.1, 0.15) is 0 Å². The molecule has 0 atom stereocenters. The minimum atomic E-state index is -0.289. The molecule has 0 aromatic heterocycles. The van der Waals surface area contributed by atoms with Gasteiger partial charge in [-0.2, -0.15) is 0 Å². The van der Waals surface area contributed by atoms with Crippen molar-refractivity contribution in [3.05, 3.63) is 35.9 Å². The molecule has 0 N–H and O–H groups in total. The molecule has 1 saturated carbocycles. The van der Waals surface area contributed by atoms with Crippen LogP contribution in [0.1, 0.15) is 31.2 Å². The van der Waals surface area contributed by atoms with Crippen molar-refractivity contribution >= 4 is 11.8 Å². The van der Waals surface area contributed by atoms with E-state index in [0.29, 0.717) is 39.4 Å². The molecule has 5 nitrogen and oxygen atoms in total. The van der Waals surface area contributed by atoms with Gasteiger partial charge in [0.25, 0.3) is 0 Å². The van der Waals surface area contributed by atoms with Crippen molar-refractivity contribution in [3.8, 4) is 0 Å². The molecule has 0 bridgehead atoms. The maximum Gasteiger partial charge on any atom is 0.233 e. The highest BCUT2D eigenvalue weighted by Crippen LogP contribution is 2.49. The van der Waals surface area contributed by atoms with E-state index in [4.69, 9.17) is 4.74 Å². The second kappa shape index (κ2) is 6.79. The van der Waals surface area contributed by atoms with Crippen molar-refractivity contribution < 1.29 is 14.3 Å². The largest absolute Gasteiger partial charge is 0.378 e. The second-order valence-electron chi connectivity index (χ2n) is 7.45. The lowest BCUT2D eigenvalue weighted by atomic mass is 9.90. The van der Waals surface area contributed by atoms with Crippen LogP contribution < -0.4 is 0 Å². The Morgan fingerprint density at radius 3 is 2.16 bits per heavy atom. The number of hydrogen-bond acceptors (Lipinski definition) is 3. The summed E-state index contributed by atoms with van der Waals surface area (Å²) < 4.78 is 5.33. The molecule has 4 rings (SSSR count). The zero-order chi connectivity index (χ0) is 17.3. The van der Waals surface area contributed by atoms with E-state index in [1.807, 2.05) is 28.0 Å². The third kappa shape index (κ3) is 3.17. The minimum Gasteiger partial charge on any atom is -0.378 e. The van der Waals surface area contributed by atoms with Crippen LogP contribution in [0.25, 0.3) is 0 Å². The molecule has 3 aliphatic rings. The fourth-order valence-electron chi connectivity index (χ4n) is 4.18. The fraction of sp³-hybridized carbons (Fsp3) is 0.600. The van der Waals surface area contributed by atoms with Crippen molar-refractivity contribution in [1.82, 2.24) is 9.80 Å². The summed E-state index contributed by atoms with van der Waals surface area (Å²) in [5, 5.41) is 0. The van der Waals surface area contributed by atoms with Crippen molar-refractivity contribution in [2.45, 2.75) is 31.1 Å². The SMILES string of the molecule is O=C(C1CCN(C(=O)C2(c3ccccc3)CC2)CC1)N1CCOCC1. The number of carbonyl (C=O) groups is 2. The van der Waals surface area contributed by atoms with Crippen LogP contribution in [0, 0.1) is 5.92 Å². The van der Waals surface area contributed by atoms with Crippen LogP contribution in [0.2, 0.25) is 0 Å². The second-order valence-corrected chi connectivity index (χ2v) is 7.45. The van der Waals surface area contributed by atoms with Crippen LogP contribution in [-0.2, 0) is 19.7 Å². The van der Waals surface area contributed by atoms with E-state index >= 15 is 0 Å². The molecule has 1 aromatic rings. The monoisotopic (exact) mass is 342 g/mol. The molecular weight excluding hydrogens is 316 g/mol. The van der Waals surface area contributed by atoms with Crippen molar-refractivity contribution in [2.24, 2.45) is 5.92 Å². The van der Waals surface area contributed by atoms with Crippen LogP contribution >= 0.6 is 0 Å². The number of amides is 2. The standard InChI is InChI=1S/C20H26N2O3/c23-18(21-12-14-25-15-13-21)16-6-10-22(11-7-16)19(24)20(8-9-20)17-4-2-1-3-5-17/h1-5,16H,6-15H2. The predicted molar refractivity (Wildman–Crippen MR) is 94.1 cm³/mol. The Hall–Kier alpha value is -1.88. The normalized spacial score (nSPS) is 23.4. The lowest BCUT2D eigenvalue weighted by Crippen LogP contribution is -2.49. The first-order valence-electron chi connectivity index (χ1n) is 9.42. The smallest absolute Gasteiger partial charge is 0.233 e. The van der Waals surface area contributed by atoms with Crippen LogP contribution in [0.15, 0.2) is 30.3 Å². The summed E-state index contributed by atoms with van der Waals surface area (Å²) >= 11 is 0. The van der Waals surface area contributed by atoms with Gasteiger partial charge < -0.3 is 14.5 Å². The molecule has 0 radical (unpaired) electrons. The van der Waals surface area contributed by atoms with Gasteiger partial charge in [-0.25, -0.2) is 0 Å². The van der Waals surface area contributed by atoms with Gasteiger partial charge in [0, 0.05) is 32.1 Å². The predicted octanol–water partition coefficient (Wildman–Crippen LogP) is 1.82. The van der Waals surface area contributed by atoms with Crippen molar-refractivity contribution in [3.63, 3.8) is 0 Å². The Labute approximate surface area is 148 Å². The number of likely N-dealkylation sites (tertiary alicyclic amines) is 1. The molecule has 1 aromatic carbocycles. The van der Waals surface area contributed by atoms with Gasteiger partial charge in [0.2, 0.25) is 11.8 Å². The number of ether oxygens (including phenoxy) is 1. The van der Waals surface area contributed by atoms with Crippen LogP contribution in [-0.4, -0.2) is 61.0 Å². The highest BCUT2D eigenvalue weighted by Gasteiger charge is 2.53. The summed E-state index contributed by atoms with van der Waals surface area (Å²) in [7, 11) is 0. The van der Waals surface area contributed by atoms with E-state index < -0.39 is 0 Å². The first-order valence-corrected chi connectivity index (χ1v) is 9.42. The zero-order valence-electron chi connectivity index (χ0n) is 14.7. The van der Waals surface area contributed by atoms with Gasteiger partial charge >= 0.3 is 0 Å². The van der Waals surface area contributed by atoms with E-state index in [2.05, 4.69) is 12.1 Å². The number of piperidine rings is 1. The minimum absolute atomic E-state index is 0.0639. The van der Waals surface area contributed by atoms with E-state index in [-0.39, 0.29) is 23.1 Å². The summed E-state index contributed by atoms with van der Waals surface area (Å²) in [6.07, 6.45) is 3.46. The first kappa shape index (κ1) is 16.6. The summed E-state index contributed by atoms with van der Waals surface area (Å²) in [6, 6.07) is 10.2. The highest BCUT2D eigenvalue weighted by molar-refractivity contribution is 5.91. The Balaban J connectivity index is 1.36. The molecule has 2 heterocycles. The average molecular weight is 342 g/mol. The molecule has 3 fully saturated rings. The number of hydrogen-bond donors (Lipinski definition) is 0. The van der Waals surface area contributed by atoms with Gasteiger partial charge in [-0.15, -0.1) is 0 Å². The molecule has 2 aliphatic heterocycles. The average Bonchev–Trinajstić information content (AvgIpc) is 3.50. The molecule has 25 heavy (non-hydrogen) atoms. The lowest BCUT2D eigenvalue weighted by Gasteiger charge is -2.37. The topological polar surface area (TPSA) is 49.9 Å². The molecule has 2 saturated heterocycles. The molecule has 0 spiro atoms. The van der Waals surface area contributed by atoms with Gasteiger partial charge in [0.05, 0.1) is 18.6 Å². The van der Waals surface area contributed by atoms with Gasteiger partial charge in [-0.3, -0.25) is 9.59 Å². The first-order chi connectivity index (χ1) is 12.2. The van der Waals surface area contributed by atoms with Crippen LogP contribution in [0.5, 0.6) is 0 Å². The van der Waals surface area contributed by atoms with E-state index in [0.717, 1.165) is 31.2 Å². The van der Waals surface area contributed by atoms with Crippen LogP contribution in [0.4, 0.5) is 0 Å². The summed E-state index contributed by atoms with van der Waals surface area (Å²) in [5.74, 6) is 0.574. The van der Waals surface area contributed by atoms with E-state index in [1.165, 1.54) is 0 Å². The molecule has 0 unspecified atom stereocenters. The number of benzene rings is 1. The van der Waals surface area contributed by atoms with E-state index in [1.54, 1.807) is 0 Å².